The second-order valence-corrected chi connectivity index (χ2v) is 4.05. The molecule has 0 amide bonds. The zero-order valence-electron chi connectivity index (χ0n) is 8.95. The van der Waals surface area contributed by atoms with Crippen LogP contribution in [0, 0.1) is 0 Å². The molecule has 0 spiro atoms. The number of hydrogen-bond donors (Lipinski definition) is 1. The van der Waals surface area contributed by atoms with Crippen molar-refractivity contribution >= 4 is 5.97 Å². The lowest BCUT2D eigenvalue weighted by atomic mass is 10.3. The molecule has 1 aliphatic carbocycles. The Balaban J connectivity index is 1.96. The zero-order valence-corrected chi connectivity index (χ0v) is 8.95. The molecule has 0 aliphatic heterocycles. The van der Waals surface area contributed by atoms with Gasteiger partial charge in [-0.25, -0.2) is 19.7 Å². The Morgan fingerprint density at radius 3 is 2.82 bits per heavy atom. The average molecular weight is 230 g/mol. The highest BCUT2D eigenvalue weighted by Crippen LogP contribution is 2.38. The van der Waals surface area contributed by atoms with Gasteiger partial charge in [0.2, 0.25) is 0 Å². The fourth-order valence-corrected chi connectivity index (χ4v) is 1.66. The van der Waals surface area contributed by atoms with Crippen molar-refractivity contribution in [2.45, 2.75) is 18.8 Å². The van der Waals surface area contributed by atoms with Crippen molar-refractivity contribution in [2.75, 3.05) is 0 Å². The molecule has 0 unspecified atom stereocenters. The molecular formula is C11H10N4O2. The summed E-state index contributed by atoms with van der Waals surface area (Å²) in [5, 5.41) is 8.79. The molecule has 0 aromatic carbocycles. The van der Waals surface area contributed by atoms with Crippen LogP contribution in [-0.4, -0.2) is 30.6 Å². The minimum absolute atomic E-state index is 0.0107. The fraction of sp³-hybridized carbons (Fsp3) is 0.273. The second kappa shape index (κ2) is 3.65. The van der Waals surface area contributed by atoms with Crippen LogP contribution in [0.5, 0.6) is 0 Å². The van der Waals surface area contributed by atoms with Crippen LogP contribution in [0.2, 0.25) is 0 Å². The number of rotatable bonds is 3. The van der Waals surface area contributed by atoms with Gasteiger partial charge in [-0.05, 0) is 12.8 Å². The number of carboxylic acids is 1. The monoisotopic (exact) mass is 230 g/mol. The molecule has 6 nitrogen and oxygen atoms in total. The van der Waals surface area contributed by atoms with Crippen molar-refractivity contribution in [3.8, 4) is 5.82 Å². The van der Waals surface area contributed by atoms with E-state index in [1.165, 1.54) is 31.7 Å². The highest BCUT2D eigenvalue weighted by atomic mass is 16.4. The van der Waals surface area contributed by atoms with Gasteiger partial charge in [-0.3, -0.25) is 4.57 Å². The first-order valence-corrected chi connectivity index (χ1v) is 5.33. The molecule has 1 N–H and O–H groups in total. The number of carboxylic acid groups (broad SMARTS) is 1. The molecule has 0 radical (unpaired) electrons. The van der Waals surface area contributed by atoms with Gasteiger partial charge in [0.1, 0.15) is 18.5 Å². The van der Waals surface area contributed by atoms with E-state index in [0.717, 1.165) is 5.69 Å². The molecule has 1 fully saturated rings. The van der Waals surface area contributed by atoms with Crippen LogP contribution in [0.25, 0.3) is 5.82 Å². The van der Waals surface area contributed by atoms with Gasteiger partial charge in [-0.15, -0.1) is 0 Å². The summed E-state index contributed by atoms with van der Waals surface area (Å²) in [5.41, 5.74) is 1.03. The maximum absolute atomic E-state index is 10.7. The van der Waals surface area contributed by atoms with Gasteiger partial charge in [0.25, 0.3) is 0 Å². The number of imidazole rings is 1. The quantitative estimate of drug-likeness (QED) is 0.857. The number of aromatic nitrogens is 4. The highest BCUT2D eigenvalue weighted by Gasteiger charge is 2.25. The molecular weight excluding hydrogens is 220 g/mol. The van der Waals surface area contributed by atoms with E-state index in [0.29, 0.717) is 11.7 Å². The molecule has 2 heterocycles. The van der Waals surface area contributed by atoms with Gasteiger partial charge in [0.15, 0.2) is 5.69 Å². The summed E-state index contributed by atoms with van der Waals surface area (Å²) in [6.45, 7) is 0. The fourth-order valence-electron chi connectivity index (χ4n) is 1.66. The van der Waals surface area contributed by atoms with Gasteiger partial charge >= 0.3 is 5.97 Å². The van der Waals surface area contributed by atoms with E-state index in [1.54, 1.807) is 4.57 Å². The van der Waals surface area contributed by atoms with E-state index in [1.807, 2.05) is 6.07 Å². The normalized spacial score (nSPS) is 14.8. The lowest BCUT2D eigenvalue weighted by Crippen LogP contribution is -1.99. The molecule has 1 aliphatic rings. The molecule has 3 rings (SSSR count). The summed E-state index contributed by atoms with van der Waals surface area (Å²) in [5.74, 6) is 0.154. The predicted octanol–water partition coefficient (Wildman–Crippen LogP) is 1.24. The van der Waals surface area contributed by atoms with E-state index < -0.39 is 5.97 Å². The first kappa shape index (κ1) is 9.95. The summed E-state index contributed by atoms with van der Waals surface area (Å²) in [4.78, 5) is 22.8. The highest BCUT2D eigenvalue weighted by molar-refractivity contribution is 5.85. The van der Waals surface area contributed by atoms with Crippen LogP contribution in [0.3, 0.4) is 0 Å². The Morgan fingerprint density at radius 1 is 1.35 bits per heavy atom. The van der Waals surface area contributed by atoms with E-state index in [9.17, 15) is 4.79 Å². The Labute approximate surface area is 97.0 Å². The molecule has 2 aromatic heterocycles. The second-order valence-electron chi connectivity index (χ2n) is 4.05. The predicted molar refractivity (Wildman–Crippen MR) is 58.1 cm³/mol. The number of hydrogen-bond acceptors (Lipinski definition) is 4. The van der Waals surface area contributed by atoms with Crippen LogP contribution >= 0.6 is 0 Å². The van der Waals surface area contributed by atoms with E-state index in [4.69, 9.17) is 5.11 Å². The summed E-state index contributed by atoms with van der Waals surface area (Å²) in [7, 11) is 0. The van der Waals surface area contributed by atoms with Gasteiger partial charge < -0.3 is 5.11 Å². The summed E-state index contributed by atoms with van der Waals surface area (Å²) in [6, 6.07) is 1.88. The van der Waals surface area contributed by atoms with Crippen LogP contribution in [0.4, 0.5) is 0 Å². The lowest BCUT2D eigenvalue weighted by Gasteiger charge is -2.02. The summed E-state index contributed by atoms with van der Waals surface area (Å²) < 4.78 is 1.59. The van der Waals surface area contributed by atoms with Gasteiger partial charge in [0.05, 0.1) is 0 Å². The third-order valence-electron chi connectivity index (χ3n) is 2.74. The third kappa shape index (κ3) is 1.89. The maximum Gasteiger partial charge on any atom is 0.356 e. The Kier molecular flexibility index (Phi) is 2.14. The summed E-state index contributed by atoms with van der Waals surface area (Å²) in [6.07, 6.45) is 6.73. The zero-order chi connectivity index (χ0) is 11.8. The van der Waals surface area contributed by atoms with E-state index >= 15 is 0 Å². The average Bonchev–Trinajstić information content (AvgIpc) is 3.06. The van der Waals surface area contributed by atoms with Crippen molar-refractivity contribution in [3.63, 3.8) is 0 Å². The lowest BCUT2D eigenvalue weighted by molar-refractivity contribution is 0.0691. The van der Waals surface area contributed by atoms with Gasteiger partial charge in [-0.1, -0.05) is 0 Å². The van der Waals surface area contributed by atoms with Crippen LogP contribution in [0.1, 0.15) is 34.9 Å². The Hall–Kier alpha value is -2.24. The van der Waals surface area contributed by atoms with Crippen LogP contribution in [-0.2, 0) is 0 Å². The molecule has 0 bridgehead atoms. The van der Waals surface area contributed by atoms with Crippen molar-refractivity contribution < 1.29 is 9.90 Å². The van der Waals surface area contributed by atoms with Gasteiger partial charge in [0, 0.05) is 23.9 Å². The van der Waals surface area contributed by atoms with Crippen LogP contribution < -0.4 is 0 Å². The van der Waals surface area contributed by atoms with Gasteiger partial charge in [-0.2, -0.15) is 0 Å². The Bertz CT molecular complexity index is 574. The largest absolute Gasteiger partial charge is 0.476 e. The molecule has 2 aromatic rings. The van der Waals surface area contributed by atoms with Crippen molar-refractivity contribution in [1.82, 2.24) is 19.5 Å². The molecule has 0 saturated heterocycles. The number of carbonyl (C=O) groups is 1. The molecule has 0 atom stereocenters. The smallest absolute Gasteiger partial charge is 0.356 e. The first-order valence-electron chi connectivity index (χ1n) is 5.33. The topological polar surface area (TPSA) is 80.9 Å². The van der Waals surface area contributed by atoms with Crippen molar-refractivity contribution in [2.24, 2.45) is 0 Å². The maximum atomic E-state index is 10.7. The van der Waals surface area contributed by atoms with E-state index in [-0.39, 0.29) is 5.69 Å². The standard InChI is InChI=1S/C11H10N4O2/c16-11(17)9-4-15(6-14-9)10-3-8(7-1-2-7)12-5-13-10/h3-7H,1-2H2,(H,16,17). The third-order valence-corrected chi connectivity index (χ3v) is 2.74. The Morgan fingerprint density at radius 2 is 2.18 bits per heavy atom. The van der Waals surface area contributed by atoms with Crippen LogP contribution in [0.15, 0.2) is 24.9 Å². The number of aromatic carboxylic acids is 1. The first-order chi connectivity index (χ1) is 8.24. The minimum Gasteiger partial charge on any atom is -0.476 e. The molecule has 1 saturated carbocycles. The molecule has 86 valence electrons. The van der Waals surface area contributed by atoms with Crippen molar-refractivity contribution in [1.29, 1.82) is 0 Å². The summed E-state index contributed by atoms with van der Waals surface area (Å²) >= 11 is 0. The SMILES string of the molecule is O=C(O)c1cn(-c2cc(C3CC3)ncn2)cn1. The molecule has 6 heteroatoms. The van der Waals surface area contributed by atoms with Crippen molar-refractivity contribution in [3.05, 3.63) is 36.3 Å². The number of nitrogens with zero attached hydrogens (tertiary/aromatic N) is 4. The molecule has 17 heavy (non-hydrogen) atoms. The minimum atomic E-state index is -1.04. The van der Waals surface area contributed by atoms with E-state index in [2.05, 4.69) is 15.0 Å².